The summed E-state index contributed by atoms with van der Waals surface area (Å²) in [6, 6.07) is 13.4. The highest BCUT2D eigenvalue weighted by Crippen LogP contribution is 2.29. The molecule has 3 rings (SSSR count). The third-order valence-electron chi connectivity index (χ3n) is 4.79. The van der Waals surface area contributed by atoms with E-state index in [9.17, 15) is 14.3 Å². The standard InChI is InChI=1S/C20H22FNO2/c1-14-5-11-18(12-8-15-6-9-17(21)10-7-15)22(14)20(24)16-3-2-4-19(23)13-16/h2-4,6-7,9-10,13-14,18,23H,5,8,11-12H2,1H3/t14-,18-/m1/s1. The largest absolute Gasteiger partial charge is 0.508 e. The maximum Gasteiger partial charge on any atom is 0.254 e. The van der Waals surface area contributed by atoms with Crippen molar-refractivity contribution in [2.75, 3.05) is 0 Å². The van der Waals surface area contributed by atoms with Crippen molar-refractivity contribution in [3.8, 4) is 5.75 Å². The van der Waals surface area contributed by atoms with Crippen LogP contribution in [0.2, 0.25) is 0 Å². The Bertz CT molecular complexity index is 714. The van der Waals surface area contributed by atoms with Crippen molar-refractivity contribution in [2.24, 2.45) is 0 Å². The predicted molar refractivity (Wildman–Crippen MR) is 91.5 cm³/mol. The Morgan fingerprint density at radius 1 is 1.21 bits per heavy atom. The van der Waals surface area contributed by atoms with Gasteiger partial charge < -0.3 is 10.0 Å². The summed E-state index contributed by atoms with van der Waals surface area (Å²) in [7, 11) is 0. The monoisotopic (exact) mass is 327 g/mol. The lowest BCUT2D eigenvalue weighted by Crippen LogP contribution is -2.40. The minimum Gasteiger partial charge on any atom is -0.508 e. The van der Waals surface area contributed by atoms with Gasteiger partial charge >= 0.3 is 0 Å². The number of aryl methyl sites for hydroxylation is 1. The average molecular weight is 327 g/mol. The second-order valence-corrected chi connectivity index (χ2v) is 6.51. The molecular formula is C20H22FNO2. The lowest BCUT2D eigenvalue weighted by atomic mass is 10.0. The molecule has 126 valence electrons. The molecule has 0 saturated carbocycles. The van der Waals surface area contributed by atoms with Crippen LogP contribution in [0.15, 0.2) is 48.5 Å². The Morgan fingerprint density at radius 3 is 2.67 bits per heavy atom. The van der Waals surface area contributed by atoms with Crippen molar-refractivity contribution in [1.29, 1.82) is 0 Å². The van der Waals surface area contributed by atoms with Crippen LogP contribution in [0.25, 0.3) is 0 Å². The second kappa shape index (κ2) is 7.04. The molecule has 1 heterocycles. The molecular weight excluding hydrogens is 305 g/mol. The average Bonchev–Trinajstić information content (AvgIpc) is 2.94. The van der Waals surface area contributed by atoms with Gasteiger partial charge in [-0.05, 0) is 68.5 Å². The molecule has 2 atom stereocenters. The Kier molecular flexibility index (Phi) is 4.84. The molecule has 0 aliphatic carbocycles. The molecule has 3 nitrogen and oxygen atoms in total. The number of likely N-dealkylation sites (tertiary alicyclic amines) is 1. The van der Waals surface area contributed by atoms with Crippen LogP contribution >= 0.6 is 0 Å². The van der Waals surface area contributed by atoms with E-state index in [4.69, 9.17) is 0 Å². The molecule has 0 aromatic heterocycles. The van der Waals surface area contributed by atoms with Gasteiger partial charge in [0.1, 0.15) is 11.6 Å². The zero-order valence-corrected chi connectivity index (χ0v) is 13.8. The first-order valence-corrected chi connectivity index (χ1v) is 8.41. The van der Waals surface area contributed by atoms with Gasteiger partial charge in [-0.3, -0.25) is 4.79 Å². The van der Waals surface area contributed by atoms with Gasteiger partial charge in [0.25, 0.3) is 5.91 Å². The van der Waals surface area contributed by atoms with E-state index in [-0.39, 0.29) is 29.6 Å². The number of aromatic hydroxyl groups is 1. The number of halogens is 1. The summed E-state index contributed by atoms with van der Waals surface area (Å²) in [5.74, 6) is -0.149. The smallest absolute Gasteiger partial charge is 0.254 e. The fourth-order valence-electron chi connectivity index (χ4n) is 3.49. The van der Waals surface area contributed by atoms with Gasteiger partial charge in [-0.1, -0.05) is 18.2 Å². The number of phenolic OH excluding ortho intramolecular Hbond substituents is 1. The molecule has 2 aromatic carbocycles. The molecule has 2 aromatic rings. The van der Waals surface area contributed by atoms with E-state index in [0.717, 1.165) is 31.2 Å². The van der Waals surface area contributed by atoms with E-state index >= 15 is 0 Å². The Labute approximate surface area is 141 Å². The summed E-state index contributed by atoms with van der Waals surface area (Å²) in [5, 5.41) is 9.61. The number of hydrogen-bond donors (Lipinski definition) is 1. The van der Waals surface area contributed by atoms with Crippen LogP contribution in [0.4, 0.5) is 4.39 Å². The summed E-state index contributed by atoms with van der Waals surface area (Å²) >= 11 is 0. The van der Waals surface area contributed by atoms with Gasteiger partial charge in [-0.15, -0.1) is 0 Å². The van der Waals surface area contributed by atoms with Crippen LogP contribution < -0.4 is 0 Å². The van der Waals surface area contributed by atoms with Gasteiger partial charge in [0.15, 0.2) is 0 Å². The van der Waals surface area contributed by atoms with Gasteiger partial charge in [0.05, 0.1) is 0 Å². The molecule has 1 amide bonds. The van der Waals surface area contributed by atoms with Crippen LogP contribution in [0.1, 0.15) is 42.1 Å². The number of phenols is 1. The molecule has 4 heteroatoms. The minimum absolute atomic E-state index is 0.0278. The third-order valence-corrected chi connectivity index (χ3v) is 4.79. The molecule has 1 saturated heterocycles. The Hall–Kier alpha value is -2.36. The van der Waals surface area contributed by atoms with Crippen molar-refractivity contribution >= 4 is 5.91 Å². The number of benzene rings is 2. The minimum atomic E-state index is -0.228. The molecule has 0 bridgehead atoms. The molecule has 1 aliphatic heterocycles. The molecule has 1 N–H and O–H groups in total. The fraction of sp³-hybridized carbons (Fsp3) is 0.350. The van der Waals surface area contributed by atoms with Gasteiger partial charge in [-0.25, -0.2) is 4.39 Å². The highest BCUT2D eigenvalue weighted by atomic mass is 19.1. The van der Waals surface area contributed by atoms with Gasteiger partial charge in [0, 0.05) is 17.6 Å². The van der Waals surface area contributed by atoms with E-state index < -0.39 is 0 Å². The number of carbonyl (C=O) groups excluding carboxylic acids is 1. The maximum absolute atomic E-state index is 13.0. The van der Waals surface area contributed by atoms with Crippen LogP contribution in [0.3, 0.4) is 0 Å². The first kappa shape index (κ1) is 16.5. The SMILES string of the molecule is C[C@@H]1CC[C@H](CCc2ccc(F)cc2)N1C(=O)c1cccc(O)c1. The summed E-state index contributed by atoms with van der Waals surface area (Å²) in [4.78, 5) is 14.8. The second-order valence-electron chi connectivity index (χ2n) is 6.51. The number of carbonyl (C=O) groups is 1. The van der Waals surface area contributed by atoms with Crippen molar-refractivity contribution in [3.05, 3.63) is 65.5 Å². The van der Waals surface area contributed by atoms with Gasteiger partial charge in [-0.2, -0.15) is 0 Å². The van der Waals surface area contributed by atoms with Crippen molar-refractivity contribution < 1.29 is 14.3 Å². The lowest BCUT2D eigenvalue weighted by molar-refractivity contribution is 0.0672. The number of rotatable bonds is 4. The first-order valence-electron chi connectivity index (χ1n) is 8.41. The van der Waals surface area contributed by atoms with Crippen LogP contribution in [0, 0.1) is 5.82 Å². The molecule has 0 radical (unpaired) electrons. The molecule has 0 unspecified atom stereocenters. The van der Waals surface area contributed by atoms with Crippen LogP contribution in [-0.2, 0) is 6.42 Å². The summed E-state index contributed by atoms with van der Waals surface area (Å²) in [6.45, 7) is 2.07. The fourth-order valence-corrected chi connectivity index (χ4v) is 3.49. The highest BCUT2D eigenvalue weighted by Gasteiger charge is 2.34. The summed E-state index contributed by atoms with van der Waals surface area (Å²) < 4.78 is 13.0. The van der Waals surface area contributed by atoms with Gasteiger partial charge in [0.2, 0.25) is 0 Å². The zero-order valence-electron chi connectivity index (χ0n) is 13.8. The Morgan fingerprint density at radius 2 is 1.96 bits per heavy atom. The van der Waals surface area contributed by atoms with Crippen LogP contribution in [-0.4, -0.2) is 28.0 Å². The zero-order chi connectivity index (χ0) is 17.1. The molecule has 0 spiro atoms. The van der Waals surface area contributed by atoms with Crippen LogP contribution in [0.5, 0.6) is 5.75 Å². The highest BCUT2D eigenvalue weighted by molar-refractivity contribution is 5.95. The van der Waals surface area contributed by atoms with E-state index in [0.29, 0.717) is 5.56 Å². The lowest BCUT2D eigenvalue weighted by Gasteiger charge is -2.29. The molecule has 24 heavy (non-hydrogen) atoms. The number of hydrogen-bond acceptors (Lipinski definition) is 2. The number of nitrogens with zero attached hydrogens (tertiary/aromatic N) is 1. The topological polar surface area (TPSA) is 40.5 Å². The molecule has 1 aliphatic rings. The van der Waals surface area contributed by atoms with E-state index in [2.05, 4.69) is 6.92 Å². The molecule has 1 fully saturated rings. The summed E-state index contributed by atoms with van der Waals surface area (Å²) in [6.07, 6.45) is 3.65. The third kappa shape index (κ3) is 3.58. The summed E-state index contributed by atoms with van der Waals surface area (Å²) in [5.41, 5.74) is 1.61. The van der Waals surface area contributed by atoms with Crippen molar-refractivity contribution in [3.63, 3.8) is 0 Å². The number of amides is 1. The van der Waals surface area contributed by atoms with E-state index in [1.165, 1.54) is 18.2 Å². The Balaban J connectivity index is 1.70. The van der Waals surface area contributed by atoms with Crippen molar-refractivity contribution in [2.45, 2.75) is 44.7 Å². The normalized spacial score (nSPS) is 20.3. The first-order chi connectivity index (χ1) is 11.5. The quantitative estimate of drug-likeness (QED) is 0.916. The van der Waals surface area contributed by atoms with E-state index in [1.54, 1.807) is 30.3 Å². The predicted octanol–water partition coefficient (Wildman–Crippen LogP) is 4.16. The maximum atomic E-state index is 13.0. The van der Waals surface area contributed by atoms with Crippen molar-refractivity contribution in [1.82, 2.24) is 4.90 Å². The van der Waals surface area contributed by atoms with E-state index in [1.807, 2.05) is 4.90 Å².